The largest absolute Gasteiger partial charge is 0.347 e. The van der Waals surface area contributed by atoms with Crippen LogP contribution in [-0.2, 0) is 4.79 Å². The van der Waals surface area contributed by atoms with E-state index in [4.69, 9.17) is 0 Å². The van der Waals surface area contributed by atoms with E-state index in [1.165, 1.54) is 4.90 Å². The van der Waals surface area contributed by atoms with Gasteiger partial charge in [0.25, 0.3) is 11.1 Å². The third-order valence-corrected chi connectivity index (χ3v) is 5.68. The monoisotopic (exact) mass is 358 g/mol. The van der Waals surface area contributed by atoms with E-state index in [0.29, 0.717) is 5.56 Å². The summed E-state index contributed by atoms with van der Waals surface area (Å²) in [5, 5.41) is 2.83. The maximum Gasteiger partial charge on any atom is 0.289 e. The number of rotatable bonds is 3. The van der Waals surface area contributed by atoms with Crippen LogP contribution in [0.5, 0.6) is 0 Å². The Balaban J connectivity index is 1.53. The zero-order valence-corrected chi connectivity index (χ0v) is 14.3. The SMILES string of the molecule is O=C(NC1CCCCC1N1C(=O)CSC1=O)c1ccc2nc[nH]c2c1. The summed E-state index contributed by atoms with van der Waals surface area (Å²) in [6, 6.07) is 4.84. The number of thioether (sulfide) groups is 1. The van der Waals surface area contributed by atoms with Gasteiger partial charge < -0.3 is 10.3 Å². The first-order valence-electron chi connectivity index (χ1n) is 8.36. The van der Waals surface area contributed by atoms with E-state index in [1.54, 1.807) is 24.5 Å². The smallest absolute Gasteiger partial charge is 0.289 e. The number of carbonyl (C=O) groups excluding carboxylic acids is 3. The lowest BCUT2D eigenvalue weighted by atomic mass is 9.89. The van der Waals surface area contributed by atoms with Gasteiger partial charge in [-0.25, -0.2) is 4.98 Å². The van der Waals surface area contributed by atoms with Gasteiger partial charge in [0.1, 0.15) is 0 Å². The Kier molecular flexibility index (Phi) is 4.20. The molecule has 1 saturated carbocycles. The first kappa shape index (κ1) is 16.1. The standard InChI is InChI=1S/C17H18N4O3S/c22-15-8-25-17(24)21(15)14-4-2-1-3-12(14)20-16(23)10-5-6-11-13(7-10)19-9-18-11/h5-7,9,12,14H,1-4,8H2,(H,18,19)(H,20,23). The number of H-pyrrole nitrogens is 1. The fraction of sp³-hybridized carbons (Fsp3) is 0.412. The Morgan fingerprint density at radius 3 is 2.92 bits per heavy atom. The zero-order valence-electron chi connectivity index (χ0n) is 13.5. The molecule has 25 heavy (non-hydrogen) atoms. The van der Waals surface area contributed by atoms with E-state index >= 15 is 0 Å². The summed E-state index contributed by atoms with van der Waals surface area (Å²) in [6.07, 6.45) is 5.03. The number of aromatic nitrogens is 2. The molecule has 1 saturated heterocycles. The maximum absolute atomic E-state index is 12.7. The molecule has 130 valence electrons. The van der Waals surface area contributed by atoms with Crippen molar-refractivity contribution in [3.8, 4) is 0 Å². The molecule has 4 rings (SSSR count). The minimum absolute atomic E-state index is 0.153. The van der Waals surface area contributed by atoms with Gasteiger partial charge in [-0.05, 0) is 31.0 Å². The molecule has 2 fully saturated rings. The molecule has 3 amide bonds. The first-order chi connectivity index (χ1) is 12.1. The second kappa shape index (κ2) is 6.51. The highest BCUT2D eigenvalue weighted by atomic mass is 32.2. The molecule has 2 heterocycles. The Morgan fingerprint density at radius 2 is 2.12 bits per heavy atom. The van der Waals surface area contributed by atoms with E-state index < -0.39 is 0 Å². The Labute approximate surface area is 148 Å². The quantitative estimate of drug-likeness (QED) is 0.878. The van der Waals surface area contributed by atoms with E-state index in [9.17, 15) is 14.4 Å². The fourth-order valence-corrected chi connectivity index (χ4v) is 4.36. The van der Waals surface area contributed by atoms with Crippen LogP contribution in [0.15, 0.2) is 24.5 Å². The second-order valence-electron chi connectivity index (χ2n) is 6.38. The van der Waals surface area contributed by atoms with Crippen LogP contribution in [0.25, 0.3) is 11.0 Å². The zero-order chi connectivity index (χ0) is 17.4. The summed E-state index contributed by atoms with van der Waals surface area (Å²) in [5.74, 6) is -0.146. The van der Waals surface area contributed by atoms with Crippen LogP contribution in [0.1, 0.15) is 36.0 Å². The summed E-state index contributed by atoms with van der Waals surface area (Å²) >= 11 is 1.04. The Hall–Kier alpha value is -2.35. The van der Waals surface area contributed by atoms with Gasteiger partial charge in [-0.2, -0.15) is 0 Å². The average molecular weight is 358 g/mol. The third kappa shape index (κ3) is 3.02. The van der Waals surface area contributed by atoms with E-state index in [1.807, 2.05) is 0 Å². The minimum Gasteiger partial charge on any atom is -0.347 e. The molecule has 0 radical (unpaired) electrons. The molecule has 1 aromatic heterocycles. The van der Waals surface area contributed by atoms with Gasteiger partial charge >= 0.3 is 0 Å². The van der Waals surface area contributed by atoms with Crippen molar-refractivity contribution in [2.24, 2.45) is 0 Å². The number of amides is 3. The van der Waals surface area contributed by atoms with Crippen LogP contribution in [0, 0.1) is 0 Å². The average Bonchev–Trinajstić information content (AvgIpc) is 3.21. The van der Waals surface area contributed by atoms with Crippen molar-refractivity contribution in [3.63, 3.8) is 0 Å². The number of imidazole rings is 1. The summed E-state index contributed by atoms with van der Waals surface area (Å²) in [4.78, 5) is 45.3. The van der Waals surface area contributed by atoms with Crippen molar-refractivity contribution in [1.29, 1.82) is 0 Å². The summed E-state index contributed by atoms with van der Waals surface area (Å²) in [7, 11) is 0. The Morgan fingerprint density at radius 1 is 1.28 bits per heavy atom. The van der Waals surface area contributed by atoms with Gasteiger partial charge in [-0.15, -0.1) is 0 Å². The van der Waals surface area contributed by atoms with E-state index in [0.717, 1.165) is 48.5 Å². The van der Waals surface area contributed by atoms with E-state index in [2.05, 4.69) is 15.3 Å². The van der Waals surface area contributed by atoms with Crippen molar-refractivity contribution < 1.29 is 14.4 Å². The molecule has 1 aliphatic carbocycles. The summed E-state index contributed by atoms with van der Waals surface area (Å²) < 4.78 is 0. The molecule has 2 atom stereocenters. The van der Waals surface area contributed by atoms with Gasteiger partial charge in [0.05, 0.1) is 35.2 Å². The van der Waals surface area contributed by atoms with Crippen molar-refractivity contribution in [1.82, 2.24) is 20.2 Å². The first-order valence-corrected chi connectivity index (χ1v) is 9.35. The molecule has 2 unspecified atom stereocenters. The lowest BCUT2D eigenvalue weighted by Crippen LogP contribution is -2.54. The number of imide groups is 1. The number of carbonyl (C=O) groups is 3. The van der Waals surface area contributed by atoms with Crippen molar-refractivity contribution >= 4 is 39.8 Å². The number of benzene rings is 1. The number of hydrogen-bond acceptors (Lipinski definition) is 5. The number of fused-ring (bicyclic) bond motifs is 1. The molecule has 2 aromatic rings. The summed E-state index contributed by atoms with van der Waals surface area (Å²) in [6.45, 7) is 0. The lowest BCUT2D eigenvalue weighted by molar-refractivity contribution is -0.127. The molecule has 7 nitrogen and oxygen atoms in total. The molecule has 0 spiro atoms. The predicted octanol–water partition coefficient (Wildman–Crippen LogP) is 2.30. The van der Waals surface area contributed by atoms with Gasteiger partial charge in [-0.1, -0.05) is 24.6 Å². The molecule has 2 aliphatic rings. The number of nitrogens with zero attached hydrogens (tertiary/aromatic N) is 2. The van der Waals surface area contributed by atoms with Gasteiger partial charge in [-0.3, -0.25) is 19.3 Å². The maximum atomic E-state index is 12.7. The third-order valence-electron chi connectivity index (χ3n) is 4.84. The second-order valence-corrected chi connectivity index (χ2v) is 7.31. The lowest BCUT2D eigenvalue weighted by Gasteiger charge is -2.36. The molecular weight excluding hydrogens is 340 g/mol. The predicted molar refractivity (Wildman–Crippen MR) is 94.3 cm³/mol. The highest BCUT2D eigenvalue weighted by Gasteiger charge is 2.41. The van der Waals surface area contributed by atoms with Crippen LogP contribution in [0.2, 0.25) is 0 Å². The van der Waals surface area contributed by atoms with Crippen LogP contribution in [0.4, 0.5) is 4.79 Å². The highest BCUT2D eigenvalue weighted by Crippen LogP contribution is 2.30. The van der Waals surface area contributed by atoms with Crippen molar-refractivity contribution in [2.75, 3.05) is 5.75 Å². The van der Waals surface area contributed by atoms with E-state index in [-0.39, 0.29) is 34.9 Å². The van der Waals surface area contributed by atoms with Crippen LogP contribution >= 0.6 is 11.8 Å². The van der Waals surface area contributed by atoms with Gasteiger partial charge in [0, 0.05) is 5.56 Å². The topological polar surface area (TPSA) is 95.2 Å². The minimum atomic E-state index is -0.247. The normalized spacial score (nSPS) is 24.1. The number of hydrogen-bond donors (Lipinski definition) is 2. The number of nitrogens with one attached hydrogen (secondary N) is 2. The molecule has 1 aromatic carbocycles. The molecule has 0 bridgehead atoms. The van der Waals surface area contributed by atoms with Crippen molar-refractivity contribution in [3.05, 3.63) is 30.1 Å². The molecule has 2 N–H and O–H groups in total. The number of aromatic amines is 1. The molecule has 1 aliphatic heterocycles. The fourth-order valence-electron chi connectivity index (χ4n) is 3.60. The van der Waals surface area contributed by atoms with Crippen LogP contribution in [-0.4, -0.2) is 49.8 Å². The molecular formula is C17H18N4O3S. The Bertz CT molecular complexity index is 833. The van der Waals surface area contributed by atoms with Crippen LogP contribution in [0.3, 0.4) is 0 Å². The highest BCUT2D eigenvalue weighted by molar-refractivity contribution is 8.14. The summed E-state index contributed by atoms with van der Waals surface area (Å²) in [5.41, 5.74) is 2.14. The van der Waals surface area contributed by atoms with Crippen LogP contribution < -0.4 is 5.32 Å². The van der Waals surface area contributed by atoms with Gasteiger partial charge in [0.2, 0.25) is 5.91 Å². The van der Waals surface area contributed by atoms with Crippen molar-refractivity contribution in [2.45, 2.75) is 37.8 Å². The molecule has 8 heteroatoms. The van der Waals surface area contributed by atoms with Gasteiger partial charge in [0.15, 0.2) is 0 Å².